The van der Waals surface area contributed by atoms with Gasteiger partial charge in [0.05, 0.1) is 6.10 Å². The third-order valence-electron chi connectivity index (χ3n) is 2.87. The van der Waals surface area contributed by atoms with Crippen LogP contribution in [0.1, 0.15) is 44.9 Å². The predicted molar refractivity (Wildman–Crippen MR) is 86.9 cm³/mol. The summed E-state index contributed by atoms with van der Waals surface area (Å²) in [5, 5.41) is 27.3. The Labute approximate surface area is 132 Å². The largest absolute Gasteiger partial charge is 0.481 e. The van der Waals surface area contributed by atoms with E-state index in [-0.39, 0.29) is 12.5 Å². The van der Waals surface area contributed by atoms with Gasteiger partial charge in [-0.05, 0) is 43.6 Å². The molecule has 0 spiro atoms. The quantitative estimate of drug-likeness (QED) is 0.329. The third-order valence-corrected chi connectivity index (χ3v) is 2.87. The smallest absolute Gasteiger partial charge is 0.303 e. The summed E-state index contributed by atoms with van der Waals surface area (Å²) in [5.41, 5.74) is 0. The van der Waals surface area contributed by atoms with Gasteiger partial charge in [0.2, 0.25) is 0 Å². The molecule has 0 aliphatic carbocycles. The lowest BCUT2D eigenvalue weighted by Crippen LogP contribution is -2.05. The van der Waals surface area contributed by atoms with Crippen LogP contribution in [0, 0.1) is 23.7 Å². The van der Waals surface area contributed by atoms with Crippen molar-refractivity contribution in [3.8, 4) is 23.7 Å². The minimum Gasteiger partial charge on any atom is -0.481 e. The Balaban J connectivity index is 3.66. The molecule has 120 valence electrons. The van der Waals surface area contributed by atoms with Gasteiger partial charge < -0.3 is 15.3 Å². The molecule has 0 aromatic heterocycles. The third kappa shape index (κ3) is 14.4. The molecule has 0 heterocycles. The number of carboxylic acids is 1. The van der Waals surface area contributed by atoms with E-state index in [0.717, 1.165) is 19.3 Å². The highest BCUT2D eigenvalue weighted by molar-refractivity contribution is 5.66. The zero-order chi connectivity index (χ0) is 16.6. The first-order valence-corrected chi connectivity index (χ1v) is 7.42. The average Bonchev–Trinajstić information content (AvgIpc) is 2.48. The molecule has 0 rings (SSSR count). The molecule has 22 heavy (non-hydrogen) atoms. The Morgan fingerprint density at radius 1 is 1.14 bits per heavy atom. The molecule has 0 aliphatic rings. The summed E-state index contributed by atoms with van der Waals surface area (Å²) in [6, 6.07) is 0. The lowest BCUT2D eigenvalue weighted by atomic mass is 10.1. The molecule has 4 nitrogen and oxygen atoms in total. The van der Waals surface area contributed by atoms with E-state index in [0.29, 0.717) is 19.3 Å². The number of aliphatic carboxylic acids is 1. The summed E-state index contributed by atoms with van der Waals surface area (Å²) in [6.07, 6.45) is 8.31. The van der Waals surface area contributed by atoms with Crippen molar-refractivity contribution in [1.29, 1.82) is 0 Å². The number of rotatable bonds is 10. The van der Waals surface area contributed by atoms with Gasteiger partial charge in [-0.1, -0.05) is 43.4 Å². The standard InChI is InChI=1S/C18H24O4/c1-2-16(19)12-8-5-3-4-6-9-13-17(20)14-10-7-11-15-18(21)22/h2,4,6,16-17,19-20H,1,7,9-11,13-15H2,(H,21,22)/b6-4-/t16-,17+/m0/s1. The molecule has 0 radical (unpaired) electrons. The molecule has 0 aliphatic heterocycles. The van der Waals surface area contributed by atoms with E-state index in [9.17, 15) is 9.90 Å². The lowest BCUT2D eigenvalue weighted by Gasteiger charge is -2.08. The van der Waals surface area contributed by atoms with Crippen LogP contribution in [0.25, 0.3) is 0 Å². The van der Waals surface area contributed by atoms with Gasteiger partial charge in [0.1, 0.15) is 6.10 Å². The lowest BCUT2D eigenvalue weighted by molar-refractivity contribution is -0.137. The maximum Gasteiger partial charge on any atom is 0.303 e. The number of aliphatic hydroxyl groups is 2. The van der Waals surface area contributed by atoms with E-state index in [1.165, 1.54) is 6.08 Å². The summed E-state index contributed by atoms with van der Waals surface area (Å²) in [6.45, 7) is 3.39. The zero-order valence-corrected chi connectivity index (χ0v) is 12.8. The molecular formula is C18H24O4. The second kappa shape index (κ2) is 13.9. The zero-order valence-electron chi connectivity index (χ0n) is 12.8. The van der Waals surface area contributed by atoms with Crippen molar-refractivity contribution in [3.05, 3.63) is 24.8 Å². The number of carbonyl (C=O) groups is 1. The minimum atomic E-state index is -0.844. The van der Waals surface area contributed by atoms with Crippen LogP contribution in [-0.4, -0.2) is 33.5 Å². The molecule has 0 aromatic rings. The SMILES string of the molecule is C=C[C@H](O)C#CC#C/C=C\CC[C@@H](O)CCCCCC(=O)O. The summed E-state index contributed by atoms with van der Waals surface area (Å²) in [5.74, 6) is 9.53. The molecule has 2 atom stereocenters. The van der Waals surface area contributed by atoms with Gasteiger partial charge in [0, 0.05) is 6.42 Å². The Kier molecular flexibility index (Phi) is 12.7. The van der Waals surface area contributed by atoms with E-state index in [1.807, 2.05) is 6.08 Å². The molecule has 0 saturated carbocycles. The number of allylic oxidation sites excluding steroid dienone is 2. The maximum atomic E-state index is 10.3. The normalized spacial score (nSPS) is 12.6. The second-order valence-corrected chi connectivity index (χ2v) is 4.85. The molecule has 0 amide bonds. The van der Waals surface area contributed by atoms with Gasteiger partial charge in [0.15, 0.2) is 0 Å². The van der Waals surface area contributed by atoms with Crippen molar-refractivity contribution < 1.29 is 20.1 Å². The van der Waals surface area contributed by atoms with E-state index in [1.54, 1.807) is 6.08 Å². The highest BCUT2D eigenvalue weighted by Crippen LogP contribution is 2.09. The average molecular weight is 304 g/mol. The monoisotopic (exact) mass is 304 g/mol. The van der Waals surface area contributed by atoms with Gasteiger partial charge >= 0.3 is 5.97 Å². The Morgan fingerprint density at radius 3 is 2.59 bits per heavy atom. The summed E-state index contributed by atoms with van der Waals surface area (Å²) >= 11 is 0. The fourth-order valence-electron chi connectivity index (χ4n) is 1.65. The van der Waals surface area contributed by atoms with Gasteiger partial charge in [-0.3, -0.25) is 4.79 Å². The number of aliphatic hydroxyl groups excluding tert-OH is 2. The van der Waals surface area contributed by atoms with Crippen LogP contribution in [0.4, 0.5) is 0 Å². The van der Waals surface area contributed by atoms with E-state index in [4.69, 9.17) is 10.2 Å². The Morgan fingerprint density at radius 2 is 1.91 bits per heavy atom. The topological polar surface area (TPSA) is 77.8 Å². The van der Waals surface area contributed by atoms with Crippen LogP contribution < -0.4 is 0 Å². The fourth-order valence-corrected chi connectivity index (χ4v) is 1.65. The van der Waals surface area contributed by atoms with Crippen molar-refractivity contribution in [2.75, 3.05) is 0 Å². The van der Waals surface area contributed by atoms with Gasteiger partial charge in [-0.2, -0.15) is 0 Å². The second-order valence-electron chi connectivity index (χ2n) is 4.85. The first-order chi connectivity index (χ1) is 10.6. The van der Waals surface area contributed by atoms with Crippen LogP contribution in [0.15, 0.2) is 24.8 Å². The van der Waals surface area contributed by atoms with Gasteiger partial charge in [-0.15, -0.1) is 0 Å². The molecule has 0 fully saturated rings. The van der Waals surface area contributed by atoms with E-state index >= 15 is 0 Å². The number of hydrogen-bond acceptors (Lipinski definition) is 3. The van der Waals surface area contributed by atoms with Crippen LogP contribution >= 0.6 is 0 Å². The van der Waals surface area contributed by atoms with Crippen LogP contribution in [0.5, 0.6) is 0 Å². The van der Waals surface area contributed by atoms with Crippen molar-refractivity contribution in [3.63, 3.8) is 0 Å². The van der Waals surface area contributed by atoms with Gasteiger partial charge in [-0.25, -0.2) is 0 Å². The number of unbranched alkanes of at least 4 members (excludes halogenated alkanes) is 2. The number of hydrogen-bond donors (Lipinski definition) is 3. The van der Waals surface area contributed by atoms with E-state index in [2.05, 4.69) is 30.3 Å². The van der Waals surface area contributed by atoms with Crippen molar-refractivity contribution in [2.24, 2.45) is 0 Å². The first-order valence-electron chi connectivity index (χ1n) is 7.42. The molecule has 4 heteroatoms. The molecule has 0 unspecified atom stereocenters. The minimum absolute atomic E-state index is 0.199. The van der Waals surface area contributed by atoms with Crippen LogP contribution in [0.3, 0.4) is 0 Å². The molecular weight excluding hydrogens is 280 g/mol. The fraction of sp³-hybridized carbons (Fsp3) is 0.500. The molecule has 3 N–H and O–H groups in total. The summed E-state index contributed by atoms with van der Waals surface area (Å²) < 4.78 is 0. The van der Waals surface area contributed by atoms with Crippen molar-refractivity contribution in [1.82, 2.24) is 0 Å². The maximum absolute atomic E-state index is 10.3. The summed E-state index contributed by atoms with van der Waals surface area (Å²) in [4.78, 5) is 10.3. The van der Waals surface area contributed by atoms with Gasteiger partial charge in [0.25, 0.3) is 0 Å². The Bertz CT molecular complexity index is 471. The Hall–Kier alpha value is -2.01. The van der Waals surface area contributed by atoms with E-state index < -0.39 is 12.1 Å². The number of carboxylic acid groups (broad SMARTS) is 1. The van der Waals surface area contributed by atoms with Crippen LogP contribution in [0.2, 0.25) is 0 Å². The molecule has 0 bridgehead atoms. The highest BCUT2D eigenvalue weighted by Gasteiger charge is 2.03. The highest BCUT2D eigenvalue weighted by atomic mass is 16.4. The summed E-state index contributed by atoms with van der Waals surface area (Å²) in [7, 11) is 0. The molecule has 0 saturated heterocycles. The first kappa shape index (κ1) is 20.0. The molecule has 0 aromatic carbocycles. The predicted octanol–water partition coefficient (Wildman–Crippen LogP) is 2.27. The van der Waals surface area contributed by atoms with Crippen molar-refractivity contribution in [2.45, 2.75) is 57.2 Å². The van der Waals surface area contributed by atoms with Crippen LogP contribution in [-0.2, 0) is 4.79 Å². The van der Waals surface area contributed by atoms with Crippen molar-refractivity contribution >= 4 is 5.97 Å².